The lowest BCUT2D eigenvalue weighted by Crippen LogP contribution is -2.41. The number of rotatable bonds is 5. The van der Waals surface area contributed by atoms with Gasteiger partial charge in [-0.25, -0.2) is 0 Å². The number of hydrogen-bond donors (Lipinski definition) is 1. The first-order valence-corrected chi connectivity index (χ1v) is 6.17. The highest BCUT2D eigenvalue weighted by Crippen LogP contribution is 2.19. The van der Waals surface area contributed by atoms with E-state index < -0.39 is 0 Å². The molecule has 0 amide bonds. The Bertz CT molecular complexity index is 316. The molecule has 1 unspecified atom stereocenters. The molecule has 2 rings (SSSR count). The monoisotopic (exact) mass is 219 g/mol. The van der Waals surface area contributed by atoms with E-state index >= 15 is 0 Å². The molecule has 16 heavy (non-hydrogen) atoms. The Hall–Kier alpha value is -1.02. The zero-order valence-electron chi connectivity index (χ0n) is 10.2. The highest BCUT2D eigenvalue weighted by atomic mass is 16.5. The fraction of sp³-hybridized carbons (Fsp3) is 0.571. The molecule has 1 fully saturated rings. The van der Waals surface area contributed by atoms with E-state index in [9.17, 15) is 0 Å². The first-order chi connectivity index (χ1) is 7.78. The largest absolute Gasteiger partial charge is 0.497 e. The van der Waals surface area contributed by atoms with Crippen molar-refractivity contribution in [2.45, 2.75) is 44.7 Å². The van der Waals surface area contributed by atoms with Gasteiger partial charge in [-0.15, -0.1) is 0 Å². The fourth-order valence-electron chi connectivity index (χ4n) is 2.15. The van der Waals surface area contributed by atoms with Crippen LogP contribution in [0.25, 0.3) is 0 Å². The van der Waals surface area contributed by atoms with Crippen LogP contribution in [0.15, 0.2) is 24.3 Å². The smallest absolute Gasteiger partial charge is 0.118 e. The van der Waals surface area contributed by atoms with E-state index in [0.29, 0.717) is 6.04 Å². The van der Waals surface area contributed by atoms with Crippen LogP contribution in [0.2, 0.25) is 0 Å². The number of methoxy groups -OCH3 is 1. The predicted octanol–water partition coefficient (Wildman–Crippen LogP) is 2.77. The normalized spacial score (nSPS) is 17.9. The molecule has 0 radical (unpaired) electrons. The molecule has 2 heteroatoms. The summed E-state index contributed by atoms with van der Waals surface area (Å²) in [5.41, 5.74) is 1.38. The van der Waals surface area contributed by atoms with E-state index in [0.717, 1.165) is 18.2 Å². The summed E-state index contributed by atoms with van der Waals surface area (Å²) in [7, 11) is 1.70. The lowest BCUT2D eigenvalue weighted by Gasteiger charge is -2.30. The minimum atomic E-state index is 0.568. The maximum atomic E-state index is 5.15. The van der Waals surface area contributed by atoms with Gasteiger partial charge in [0.25, 0.3) is 0 Å². The summed E-state index contributed by atoms with van der Waals surface area (Å²) in [6.07, 6.45) is 5.20. The lowest BCUT2D eigenvalue weighted by atomic mass is 9.92. The molecule has 2 nitrogen and oxygen atoms in total. The summed E-state index contributed by atoms with van der Waals surface area (Å²) in [5.74, 6) is 0.934. The molecular weight excluding hydrogens is 198 g/mol. The van der Waals surface area contributed by atoms with Gasteiger partial charge in [-0.3, -0.25) is 0 Å². The predicted molar refractivity (Wildman–Crippen MR) is 66.9 cm³/mol. The summed E-state index contributed by atoms with van der Waals surface area (Å²) in [6, 6.07) is 9.71. The Morgan fingerprint density at radius 2 is 2.00 bits per heavy atom. The standard InChI is InChI=1S/C14H21NO/c1-11(15-13-4-3-5-13)10-12-6-8-14(16-2)9-7-12/h6-9,11,13,15H,3-5,10H2,1-2H3. The van der Waals surface area contributed by atoms with Crippen molar-refractivity contribution in [2.75, 3.05) is 7.11 Å². The van der Waals surface area contributed by atoms with E-state index in [1.54, 1.807) is 7.11 Å². The second-order valence-electron chi connectivity index (χ2n) is 4.75. The zero-order chi connectivity index (χ0) is 11.4. The van der Waals surface area contributed by atoms with Gasteiger partial charge < -0.3 is 10.1 Å². The van der Waals surface area contributed by atoms with Gasteiger partial charge >= 0.3 is 0 Å². The third-order valence-corrected chi connectivity index (χ3v) is 3.33. The molecule has 1 aliphatic rings. The Kier molecular flexibility index (Phi) is 3.83. The molecule has 1 N–H and O–H groups in total. The van der Waals surface area contributed by atoms with Crippen molar-refractivity contribution in [3.63, 3.8) is 0 Å². The summed E-state index contributed by atoms with van der Waals surface area (Å²) in [5, 5.41) is 3.66. The van der Waals surface area contributed by atoms with Crippen molar-refractivity contribution in [1.82, 2.24) is 5.32 Å². The Labute approximate surface area is 98.0 Å². The molecule has 0 bridgehead atoms. The van der Waals surface area contributed by atoms with Gasteiger partial charge in [-0.1, -0.05) is 18.6 Å². The molecule has 1 aromatic carbocycles. The average Bonchev–Trinajstić information content (AvgIpc) is 2.25. The van der Waals surface area contributed by atoms with Crippen molar-refractivity contribution < 1.29 is 4.74 Å². The minimum absolute atomic E-state index is 0.568. The van der Waals surface area contributed by atoms with Crippen molar-refractivity contribution in [1.29, 1.82) is 0 Å². The van der Waals surface area contributed by atoms with E-state index in [-0.39, 0.29) is 0 Å². The number of ether oxygens (including phenoxy) is 1. The van der Waals surface area contributed by atoms with Gasteiger partial charge in [0.1, 0.15) is 5.75 Å². The highest BCUT2D eigenvalue weighted by molar-refractivity contribution is 5.27. The van der Waals surface area contributed by atoms with Crippen molar-refractivity contribution >= 4 is 0 Å². The molecule has 0 saturated heterocycles. The van der Waals surface area contributed by atoms with E-state index in [1.165, 1.54) is 24.8 Å². The maximum absolute atomic E-state index is 5.15. The molecule has 0 aromatic heterocycles. The molecule has 1 atom stereocenters. The summed E-state index contributed by atoms with van der Waals surface area (Å²) < 4.78 is 5.15. The van der Waals surface area contributed by atoms with Gasteiger partial charge in [0.15, 0.2) is 0 Å². The molecule has 0 spiro atoms. The van der Waals surface area contributed by atoms with E-state index in [4.69, 9.17) is 4.74 Å². The van der Waals surface area contributed by atoms with Gasteiger partial charge in [0.05, 0.1) is 7.11 Å². The molecular formula is C14H21NO. The second kappa shape index (κ2) is 5.35. The molecule has 0 aliphatic heterocycles. The van der Waals surface area contributed by atoms with Gasteiger partial charge in [0, 0.05) is 12.1 Å². The van der Waals surface area contributed by atoms with Crippen LogP contribution in [0.1, 0.15) is 31.7 Å². The first kappa shape index (κ1) is 11.5. The van der Waals surface area contributed by atoms with Gasteiger partial charge in [-0.05, 0) is 43.9 Å². The molecule has 88 valence electrons. The average molecular weight is 219 g/mol. The summed E-state index contributed by atoms with van der Waals surface area (Å²) in [4.78, 5) is 0. The molecule has 1 aromatic rings. The fourth-order valence-corrected chi connectivity index (χ4v) is 2.15. The topological polar surface area (TPSA) is 21.3 Å². The van der Waals surface area contributed by atoms with Crippen LogP contribution in [0.4, 0.5) is 0 Å². The number of nitrogens with one attached hydrogen (secondary N) is 1. The summed E-state index contributed by atoms with van der Waals surface area (Å²) >= 11 is 0. The molecule has 0 heterocycles. The minimum Gasteiger partial charge on any atom is -0.497 e. The maximum Gasteiger partial charge on any atom is 0.118 e. The van der Waals surface area contributed by atoms with Crippen LogP contribution in [-0.4, -0.2) is 19.2 Å². The number of hydrogen-bond acceptors (Lipinski definition) is 2. The molecule has 1 saturated carbocycles. The van der Waals surface area contributed by atoms with Crippen LogP contribution < -0.4 is 10.1 Å². The third kappa shape index (κ3) is 2.99. The van der Waals surface area contributed by atoms with E-state index in [1.807, 2.05) is 12.1 Å². The van der Waals surface area contributed by atoms with Crippen LogP contribution >= 0.6 is 0 Å². The van der Waals surface area contributed by atoms with Crippen molar-refractivity contribution in [2.24, 2.45) is 0 Å². The van der Waals surface area contributed by atoms with Crippen molar-refractivity contribution in [3.05, 3.63) is 29.8 Å². The van der Waals surface area contributed by atoms with Gasteiger partial charge in [0.2, 0.25) is 0 Å². The summed E-state index contributed by atoms with van der Waals surface area (Å²) in [6.45, 7) is 2.27. The molecule has 1 aliphatic carbocycles. The van der Waals surface area contributed by atoms with Crippen LogP contribution in [0.5, 0.6) is 5.75 Å². The zero-order valence-corrected chi connectivity index (χ0v) is 10.2. The second-order valence-corrected chi connectivity index (χ2v) is 4.75. The van der Waals surface area contributed by atoms with Gasteiger partial charge in [-0.2, -0.15) is 0 Å². The first-order valence-electron chi connectivity index (χ1n) is 6.17. The highest BCUT2D eigenvalue weighted by Gasteiger charge is 2.18. The number of benzene rings is 1. The van der Waals surface area contributed by atoms with Crippen LogP contribution in [0, 0.1) is 0 Å². The van der Waals surface area contributed by atoms with Crippen LogP contribution in [0.3, 0.4) is 0 Å². The Balaban J connectivity index is 1.82. The SMILES string of the molecule is COc1ccc(CC(C)NC2CCC2)cc1. The van der Waals surface area contributed by atoms with Crippen LogP contribution in [-0.2, 0) is 6.42 Å². The Morgan fingerprint density at radius 3 is 2.50 bits per heavy atom. The lowest BCUT2D eigenvalue weighted by molar-refractivity contribution is 0.310. The Morgan fingerprint density at radius 1 is 1.31 bits per heavy atom. The van der Waals surface area contributed by atoms with E-state index in [2.05, 4.69) is 24.4 Å². The van der Waals surface area contributed by atoms with Crippen molar-refractivity contribution in [3.8, 4) is 5.75 Å². The quantitative estimate of drug-likeness (QED) is 0.822. The third-order valence-electron chi connectivity index (χ3n) is 3.33.